The molecule has 1 aromatic heterocycles. The predicted octanol–water partition coefficient (Wildman–Crippen LogP) is 3.64. The molecule has 160 valence electrons. The molecule has 7 heteroatoms. The van der Waals surface area contributed by atoms with Gasteiger partial charge in [-0.3, -0.25) is 4.79 Å². The van der Waals surface area contributed by atoms with Crippen molar-refractivity contribution in [3.8, 4) is 0 Å². The second-order valence-electron chi connectivity index (χ2n) is 7.72. The third-order valence-electron chi connectivity index (χ3n) is 5.43. The highest BCUT2D eigenvalue weighted by Gasteiger charge is 2.11. The molecule has 0 radical (unpaired) electrons. The van der Waals surface area contributed by atoms with Crippen LogP contribution < -0.4 is 5.32 Å². The molecule has 1 aliphatic carbocycles. The normalized spacial score (nSPS) is 13.6. The molecule has 0 bridgehead atoms. The number of hydrogen-bond acceptors (Lipinski definition) is 5. The molecule has 0 unspecified atom stereocenters. The molecule has 0 spiro atoms. The van der Waals surface area contributed by atoms with Gasteiger partial charge in [-0.15, -0.1) is 5.10 Å². The van der Waals surface area contributed by atoms with Crippen LogP contribution >= 0.6 is 0 Å². The van der Waals surface area contributed by atoms with Crippen molar-refractivity contribution in [1.82, 2.24) is 20.3 Å². The van der Waals surface area contributed by atoms with Crippen LogP contribution in [0.3, 0.4) is 0 Å². The van der Waals surface area contributed by atoms with Gasteiger partial charge in [0.2, 0.25) is 0 Å². The number of benzene rings is 2. The van der Waals surface area contributed by atoms with Gasteiger partial charge in [-0.2, -0.15) is 0 Å². The Labute approximate surface area is 181 Å². The molecule has 0 aliphatic heterocycles. The van der Waals surface area contributed by atoms with Crippen molar-refractivity contribution < 1.29 is 14.3 Å². The van der Waals surface area contributed by atoms with Crippen molar-refractivity contribution in [2.45, 2.75) is 38.6 Å². The maximum Gasteiger partial charge on any atom is 0.338 e. The number of nitrogens with zero attached hydrogens (tertiary/aromatic N) is 3. The molecule has 0 atom stereocenters. The number of allylic oxidation sites excluding steroid dienone is 1. The summed E-state index contributed by atoms with van der Waals surface area (Å²) < 4.78 is 6.96. The summed E-state index contributed by atoms with van der Waals surface area (Å²) in [6.07, 6.45) is 7.87. The number of hydrogen-bond donors (Lipinski definition) is 1. The van der Waals surface area contributed by atoms with Gasteiger partial charge >= 0.3 is 5.97 Å². The number of fused-ring (bicyclic) bond motifs is 1. The molecular formula is C24H26N4O3. The Morgan fingerprint density at radius 1 is 1.06 bits per heavy atom. The van der Waals surface area contributed by atoms with E-state index in [1.54, 1.807) is 12.1 Å². The molecular weight excluding hydrogens is 392 g/mol. The molecule has 1 N–H and O–H groups in total. The number of carbonyl (C=O) groups is 2. The van der Waals surface area contributed by atoms with Crippen LogP contribution in [0.15, 0.2) is 60.2 Å². The number of rotatable bonds is 8. The Kier molecular flexibility index (Phi) is 6.72. The van der Waals surface area contributed by atoms with Crippen LogP contribution in [-0.2, 0) is 16.1 Å². The summed E-state index contributed by atoms with van der Waals surface area (Å²) in [5.74, 6) is -0.790. The zero-order valence-corrected chi connectivity index (χ0v) is 17.4. The number of nitrogens with one attached hydrogen (secondary N) is 1. The highest BCUT2D eigenvalue weighted by molar-refractivity contribution is 5.91. The lowest BCUT2D eigenvalue weighted by molar-refractivity contribution is -0.124. The lowest BCUT2D eigenvalue weighted by Gasteiger charge is -2.13. The topological polar surface area (TPSA) is 86.1 Å². The van der Waals surface area contributed by atoms with Gasteiger partial charge in [0.05, 0.1) is 17.6 Å². The summed E-state index contributed by atoms with van der Waals surface area (Å²) in [4.78, 5) is 24.2. The van der Waals surface area contributed by atoms with Crippen molar-refractivity contribution in [2.24, 2.45) is 0 Å². The van der Waals surface area contributed by atoms with Gasteiger partial charge in [0.25, 0.3) is 5.91 Å². The molecule has 31 heavy (non-hydrogen) atoms. The van der Waals surface area contributed by atoms with Crippen molar-refractivity contribution in [2.75, 3.05) is 13.2 Å². The van der Waals surface area contributed by atoms with Crippen LogP contribution in [0.25, 0.3) is 11.0 Å². The standard InChI is InChI=1S/C24H26N4O3/c29-23(25-15-14-18-6-2-1-3-7-18)17-31-24(30)20-12-10-19(11-13-20)16-28-22-9-5-4-8-21(22)26-27-28/h4-6,8-13H,1-3,7,14-17H2,(H,25,29). The predicted molar refractivity (Wildman–Crippen MR) is 118 cm³/mol. The molecule has 1 heterocycles. The quantitative estimate of drug-likeness (QED) is 0.446. The average Bonchev–Trinajstić information content (AvgIpc) is 3.21. The number of ether oxygens (including phenoxy) is 1. The number of esters is 1. The third kappa shape index (κ3) is 5.57. The van der Waals surface area contributed by atoms with Gasteiger partial charge in [-0.05, 0) is 61.9 Å². The fraction of sp³-hybridized carbons (Fsp3) is 0.333. The van der Waals surface area contributed by atoms with Crippen molar-refractivity contribution in [3.63, 3.8) is 0 Å². The largest absolute Gasteiger partial charge is 0.452 e. The summed E-state index contributed by atoms with van der Waals surface area (Å²) in [5.41, 5.74) is 4.60. The van der Waals surface area contributed by atoms with E-state index in [9.17, 15) is 9.59 Å². The smallest absolute Gasteiger partial charge is 0.338 e. The summed E-state index contributed by atoms with van der Waals surface area (Å²) in [6.45, 7) is 0.854. The Balaban J connectivity index is 1.23. The highest BCUT2D eigenvalue weighted by Crippen LogP contribution is 2.19. The van der Waals surface area contributed by atoms with E-state index in [0.29, 0.717) is 18.7 Å². The zero-order chi connectivity index (χ0) is 21.5. The molecule has 3 aromatic rings. The first-order valence-electron chi connectivity index (χ1n) is 10.7. The van der Waals surface area contributed by atoms with E-state index < -0.39 is 5.97 Å². The Bertz CT molecular complexity index is 1090. The second-order valence-corrected chi connectivity index (χ2v) is 7.72. The molecule has 2 aromatic carbocycles. The molecule has 7 nitrogen and oxygen atoms in total. The minimum absolute atomic E-state index is 0.273. The summed E-state index contributed by atoms with van der Waals surface area (Å²) in [7, 11) is 0. The van der Waals surface area contributed by atoms with Crippen molar-refractivity contribution in [3.05, 3.63) is 71.3 Å². The Hall–Kier alpha value is -3.48. The van der Waals surface area contributed by atoms with Crippen molar-refractivity contribution >= 4 is 22.9 Å². The van der Waals surface area contributed by atoms with Crippen LogP contribution in [0.2, 0.25) is 0 Å². The number of carbonyl (C=O) groups excluding carboxylic acids is 2. The van der Waals surface area contributed by atoms with E-state index in [4.69, 9.17) is 4.74 Å². The van der Waals surface area contributed by atoms with Gasteiger partial charge in [0.15, 0.2) is 6.61 Å². The second kappa shape index (κ2) is 10.0. The minimum Gasteiger partial charge on any atom is -0.452 e. The highest BCUT2D eigenvalue weighted by atomic mass is 16.5. The van der Waals surface area contributed by atoms with Crippen molar-refractivity contribution in [1.29, 1.82) is 0 Å². The Morgan fingerprint density at radius 2 is 1.90 bits per heavy atom. The minimum atomic E-state index is -0.511. The van der Waals surface area contributed by atoms with Gasteiger partial charge in [0.1, 0.15) is 5.52 Å². The van der Waals surface area contributed by atoms with E-state index in [0.717, 1.165) is 35.9 Å². The first-order valence-corrected chi connectivity index (χ1v) is 10.7. The maximum absolute atomic E-state index is 12.2. The van der Waals surface area contributed by atoms with Crippen LogP contribution in [0.1, 0.15) is 48.0 Å². The fourth-order valence-electron chi connectivity index (χ4n) is 3.71. The van der Waals surface area contributed by atoms with Crippen LogP contribution in [0, 0.1) is 0 Å². The number of aromatic nitrogens is 3. The molecule has 0 saturated heterocycles. The molecule has 1 aliphatic rings. The first kappa shape index (κ1) is 20.8. The monoisotopic (exact) mass is 418 g/mol. The van der Waals surface area contributed by atoms with E-state index in [1.165, 1.54) is 18.4 Å². The molecule has 0 saturated carbocycles. The van der Waals surface area contributed by atoms with Gasteiger partial charge in [-0.25, -0.2) is 9.48 Å². The third-order valence-corrected chi connectivity index (χ3v) is 5.43. The summed E-state index contributed by atoms with van der Waals surface area (Å²) >= 11 is 0. The molecule has 1 amide bonds. The van der Waals surface area contributed by atoms with Gasteiger partial charge < -0.3 is 10.1 Å². The maximum atomic E-state index is 12.2. The van der Waals surface area contributed by atoms with E-state index in [2.05, 4.69) is 21.7 Å². The van der Waals surface area contributed by atoms with E-state index >= 15 is 0 Å². The van der Waals surface area contributed by atoms with E-state index in [-0.39, 0.29) is 12.5 Å². The lowest BCUT2D eigenvalue weighted by atomic mass is 9.97. The zero-order valence-electron chi connectivity index (χ0n) is 17.4. The number of para-hydroxylation sites is 1. The Morgan fingerprint density at radius 3 is 2.71 bits per heavy atom. The summed E-state index contributed by atoms with van der Waals surface area (Å²) in [5, 5.41) is 11.1. The van der Waals surface area contributed by atoms with Crippen LogP contribution in [0.4, 0.5) is 0 Å². The number of amides is 1. The van der Waals surface area contributed by atoms with Gasteiger partial charge in [0, 0.05) is 6.54 Å². The molecule has 4 rings (SSSR count). The van der Waals surface area contributed by atoms with E-state index in [1.807, 2.05) is 41.1 Å². The lowest BCUT2D eigenvalue weighted by Crippen LogP contribution is -2.29. The fourth-order valence-corrected chi connectivity index (χ4v) is 3.71. The summed E-state index contributed by atoms with van der Waals surface area (Å²) in [6, 6.07) is 14.9. The van der Waals surface area contributed by atoms with Crippen LogP contribution in [-0.4, -0.2) is 40.0 Å². The molecule has 0 fully saturated rings. The SMILES string of the molecule is O=C(COC(=O)c1ccc(Cn2nnc3ccccc32)cc1)NCCC1=CCCCC1. The first-order chi connectivity index (χ1) is 15.2. The average molecular weight is 418 g/mol. The van der Waals surface area contributed by atoms with Gasteiger partial charge in [-0.1, -0.05) is 41.1 Å². The van der Waals surface area contributed by atoms with Crippen LogP contribution in [0.5, 0.6) is 0 Å².